The zero-order valence-electron chi connectivity index (χ0n) is 12.4. The lowest BCUT2D eigenvalue weighted by molar-refractivity contribution is 0.241. The second-order valence-corrected chi connectivity index (χ2v) is 6.42. The zero-order valence-corrected chi connectivity index (χ0v) is 13.2. The van der Waals surface area contributed by atoms with Crippen molar-refractivity contribution in [2.24, 2.45) is 0 Å². The third kappa shape index (κ3) is 2.57. The van der Waals surface area contributed by atoms with Crippen molar-refractivity contribution in [1.29, 1.82) is 0 Å². The van der Waals surface area contributed by atoms with Gasteiger partial charge in [-0.2, -0.15) is 0 Å². The second-order valence-electron chi connectivity index (χ2n) is 5.53. The third-order valence-electron chi connectivity index (χ3n) is 3.97. The summed E-state index contributed by atoms with van der Waals surface area (Å²) in [5.41, 5.74) is 1.01. The molecule has 7 heteroatoms. The van der Waals surface area contributed by atoms with Gasteiger partial charge in [0.15, 0.2) is 0 Å². The minimum absolute atomic E-state index is 0.850. The van der Waals surface area contributed by atoms with Crippen molar-refractivity contribution in [3.8, 4) is 0 Å². The second kappa shape index (κ2) is 5.66. The van der Waals surface area contributed by atoms with Gasteiger partial charge in [-0.05, 0) is 18.4 Å². The predicted molar refractivity (Wildman–Crippen MR) is 86.1 cm³/mol. The highest BCUT2D eigenvalue weighted by atomic mass is 32.1. The van der Waals surface area contributed by atoms with Crippen molar-refractivity contribution < 1.29 is 4.52 Å². The van der Waals surface area contributed by atoms with Crippen LogP contribution < -0.4 is 4.90 Å². The van der Waals surface area contributed by atoms with Crippen LogP contribution in [0.1, 0.15) is 11.5 Å². The number of rotatable bonds is 3. The van der Waals surface area contributed by atoms with Gasteiger partial charge in [-0.3, -0.25) is 4.90 Å². The Morgan fingerprint density at radius 3 is 2.86 bits per heavy atom. The normalized spacial score (nSPS) is 16.5. The summed E-state index contributed by atoms with van der Waals surface area (Å²) in [5.74, 6) is 1.93. The summed E-state index contributed by atoms with van der Waals surface area (Å²) in [5, 5.41) is 7.31. The van der Waals surface area contributed by atoms with Crippen LogP contribution in [0.25, 0.3) is 10.2 Å². The van der Waals surface area contributed by atoms with Gasteiger partial charge in [0.2, 0.25) is 0 Å². The van der Waals surface area contributed by atoms with Crippen LogP contribution in [-0.2, 0) is 6.54 Å². The van der Waals surface area contributed by atoms with Crippen LogP contribution in [-0.4, -0.2) is 46.2 Å². The molecule has 1 aliphatic heterocycles. The van der Waals surface area contributed by atoms with Crippen LogP contribution in [0, 0.1) is 6.92 Å². The molecule has 0 atom stereocenters. The van der Waals surface area contributed by atoms with E-state index in [1.54, 1.807) is 17.7 Å². The highest BCUT2D eigenvalue weighted by Gasteiger charge is 2.20. The van der Waals surface area contributed by atoms with Gasteiger partial charge in [0, 0.05) is 38.8 Å². The average Bonchev–Trinajstić information content (AvgIpc) is 3.16. The summed E-state index contributed by atoms with van der Waals surface area (Å²) >= 11 is 1.66. The maximum Gasteiger partial charge on any atom is 0.140 e. The van der Waals surface area contributed by atoms with Crippen molar-refractivity contribution in [2.75, 3.05) is 31.1 Å². The molecule has 3 aromatic heterocycles. The molecule has 114 valence electrons. The Balaban J connectivity index is 1.44. The van der Waals surface area contributed by atoms with E-state index < -0.39 is 0 Å². The Morgan fingerprint density at radius 1 is 1.23 bits per heavy atom. The van der Waals surface area contributed by atoms with Gasteiger partial charge in [0.25, 0.3) is 0 Å². The summed E-state index contributed by atoms with van der Waals surface area (Å²) in [7, 11) is 0. The Bertz CT molecular complexity index is 775. The van der Waals surface area contributed by atoms with Gasteiger partial charge >= 0.3 is 0 Å². The molecule has 0 aromatic carbocycles. The summed E-state index contributed by atoms with van der Waals surface area (Å²) in [6.45, 7) is 6.72. The van der Waals surface area contributed by atoms with Crippen LogP contribution in [0.4, 0.5) is 5.82 Å². The van der Waals surface area contributed by atoms with Crippen LogP contribution in [0.15, 0.2) is 28.4 Å². The molecule has 0 amide bonds. The first-order chi connectivity index (χ1) is 10.8. The molecular formula is C15H17N5OS. The minimum Gasteiger partial charge on any atom is -0.361 e. The summed E-state index contributed by atoms with van der Waals surface area (Å²) in [4.78, 5) is 14.6. The fourth-order valence-electron chi connectivity index (χ4n) is 2.87. The van der Waals surface area contributed by atoms with E-state index in [1.807, 2.05) is 13.0 Å². The number of hydrogen-bond donors (Lipinski definition) is 0. The topological polar surface area (TPSA) is 58.3 Å². The average molecular weight is 315 g/mol. The van der Waals surface area contributed by atoms with E-state index in [4.69, 9.17) is 4.52 Å². The summed E-state index contributed by atoms with van der Waals surface area (Å²) < 4.78 is 5.13. The van der Waals surface area contributed by atoms with Gasteiger partial charge in [0.05, 0.1) is 11.1 Å². The van der Waals surface area contributed by atoms with Crippen LogP contribution in [0.3, 0.4) is 0 Å². The predicted octanol–water partition coefficient (Wildman–Crippen LogP) is 2.31. The monoisotopic (exact) mass is 315 g/mol. The van der Waals surface area contributed by atoms with Gasteiger partial charge in [-0.1, -0.05) is 5.16 Å². The van der Waals surface area contributed by atoms with Gasteiger partial charge in [-0.25, -0.2) is 9.97 Å². The van der Waals surface area contributed by atoms with E-state index in [1.165, 1.54) is 0 Å². The van der Waals surface area contributed by atoms with Crippen LogP contribution >= 0.6 is 11.3 Å². The van der Waals surface area contributed by atoms with Gasteiger partial charge < -0.3 is 9.42 Å². The maximum absolute atomic E-state index is 5.13. The Kier molecular flexibility index (Phi) is 3.51. The fraction of sp³-hybridized carbons (Fsp3) is 0.400. The third-order valence-corrected chi connectivity index (χ3v) is 4.80. The largest absolute Gasteiger partial charge is 0.361 e. The lowest BCUT2D eigenvalue weighted by Crippen LogP contribution is -2.46. The van der Waals surface area contributed by atoms with Crippen LogP contribution in [0.5, 0.6) is 0 Å². The minimum atomic E-state index is 0.850. The highest BCUT2D eigenvalue weighted by molar-refractivity contribution is 7.16. The number of thiophene rings is 1. The van der Waals surface area contributed by atoms with Gasteiger partial charge in [-0.15, -0.1) is 11.3 Å². The quantitative estimate of drug-likeness (QED) is 0.739. The standard InChI is InChI=1S/C15H17N5OS/c1-11-8-12(18-21-11)9-19-3-5-20(6-4-19)14-13-2-7-22-15(13)17-10-16-14/h2,7-8,10H,3-6,9H2,1H3. The van der Waals surface area contributed by atoms with Crippen molar-refractivity contribution in [1.82, 2.24) is 20.0 Å². The molecule has 22 heavy (non-hydrogen) atoms. The Hall–Kier alpha value is -1.99. The molecule has 0 bridgehead atoms. The van der Waals surface area contributed by atoms with E-state index in [-0.39, 0.29) is 0 Å². The lowest BCUT2D eigenvalue weighted by Gasteiger charge is -2.35. The molecule has 4 rings (SSSR count). The summed E-state index contributed by atoms with van der Waals surface area (Å²) in [6, 6.07) is 4.12. The Labute approximate surface area is 132 Å². The first kappa shape index (κ1) is 13.7. The maximum atomic E-state index is 5.13. The van der Waals surface area contributed by atoms with E-state index in [0.717, 1.165) is 60.2 Å². The number of aryl methyl sites for hydroxylation is 1. The van der Waals surface area contributed by atoms with E-state index in [2.05, 4.69) is 36.4 Å². The van der Waals surface area contributed by atoms with Crippen LogP contribution in [0.2, 0.25) is 0 Å². The SMILES string of the molecule is Cc1cc(CN2CCN(c3ncnc4sccc34)CC2)no1. The molecule has 1 fully saturated rings. The molecule has 0 unspecified atom stereocenters. The van der Waals surface area contributed by atoms with Crippen molar-refractivity contribution in [2.45, 2.75) is 13.5 Å². The molecule has 0 radical (unpaired) electrons. The molecule has 0 aliphatic carbocycles. The molecule has 1 aliphatic rings. The number of aromatic nitrogens is 3. The molecule has 0 N–H and O–H groups in total. The van der Waals surface area contributed by atoms with E-state index in [0.29, 0.717) is 0 Å². The molecule has 3 aromatic rings. The highest BCUT2D eigenvalue weighted by Crippen LogP contribution is 2.27. The first-order valence-electron chi connectivity index (χ1n) is 7.37. The lowest BCUT2D eigenvalue weighted by atomic mass is 10.2. The first-order valence-corrected chi connectivity index (χ1v) is 8.25. The molecular weight excluding hydrogens is 298 g/mol. The molecule has 6 nitrogen and oxygen atoms in total. The molecule has 1 saturated heterocycles. The van der Waals surface area contributed by atoms with Gasteiger partial charge in [0.1, 0.15) is 22.7 Å². The van der Waals surface area contributed by atoms with E-state index in [9.17, 15) is 0 Å². The molecule has 0 saturated carbocycles. The van der Waals surface area contributed by atoms with Crippen molar-refractivity contribution >= 4 is 27.4 Å². The molecule has 4 heterocycles. The number of nitrogens with zero attached hydrogens (tertiary/aromatic N) is 5. The zero-order chi connectivity index (χ0) is 14.9. The summed E-state index contributed by atoms with van der Waals surface area (Å²) in [6.07, 6.45) is 1.67. The number of piperazine rings is 1. The van der Waals surface area contributed by atoms with Crippen molar-refractivity contribution in [3.05, 3.63) is 35.3 Å². The smallest absolute Gasteiger partial charge is 0.140 e. The number of anilines is 1. The number of fused-ring (bicyclic) bond motifs is 1. The van der Waals surface area contributed by atoms with E-state index >= 15 is 0 Å². The number of hydrogen-bond acceptors (Lipinski definition) is 7. The van der Waals surface area contributed by atoms with Crippen molar-refractivity contribution in [3.63, 3.8) is 0 Å². The fourth-order valence-corrected chi connectivity index (χ4v) is 3.60. The Morgan fingerprint density at radius 2 is 2.09 bits per heavy atom. The molecule has 0 spiro atoms.